The summed E-state index contributed by atoms with van der Waals surface area (Å²) in [7, 11) is 0. The fraction of sp³-hybridized carbons (Fsp3) is 0.286. The maximum Gasteiger partial charge on any atom is 0.253 e. The van der Waals surface area contributed by atoms with Crippen molar-refractivity contribution in [1.29, 1.82) is 0 Å². The van der Waals surface area contributed by atoms with E-state index in [1.807, 2.05) is 0 Å². The molecule has 0 unspecified atom stereocenters. The number of nitrogens with zero attached hydrogens (tertiary/aromatic N) is 4. The Hall–Kier alpha value is -3.62. The van der Waals surface area contributed by atoms with E-state index in [4.69, 9.17) is 0 Å². The molecule has 154 valence electrons. The number of benzene rings is 2. The highest BCUT2D eigenvalue weighted by Crippen LogP contribution is 2.20. The molecule has 1 aliphatic carbocycles. The maximum atomic E-state index is 13.4. The van der Waals surface area contributed by atoms with Crippen LogP contribution in [0, 0.1) is 5.82 Å². The minimum Gasteiger partial charge on any atom is -0.349 e. The predicted molar refractivity (Wildman–Crippen MR) is 108 cm³/mol. The van der Waals surface area contributed by atoms with Gasteiger partial charge in [0.1, 0.15) is 12.4 Å². The number of para-hydroxylation sites is 1. The summed E-state index contributed by atoms with van der Waals surface area (Å²) in [5.74, 6) is -0.794. The number of hydrogen-bond donors (Lipinski definition) is 2. The third-order valence-corrected chi connectivity index (χ3v) is 4.96. The van der Waals surface area contributed by atoms with Gasteiger partial charge in [-0.05, 0) is 42.3 Å². The van der Waals surface area contributed by atoms with Gasteiger partial charge in [0.2, 0.25) is 11.7 Å². The molecule has 4 rings (SSSR count). The van der Waals surface area contributed by atoms with E-state index in [-0.39, 0.29) is 24.3 Å². The van der Waals surface area contributed by atoms with Crippen molar-refractivity contribution >= 4 is 17.5 Å². The number of carbonyl (C=O) groups excluding carboxylic acids is 2. The minimum absolute atomic E-state index is 0.182. The van der Waals surface area contributed by atoms with Crippen LogP contribution in [0.25, 0.3) is 11.4 Å². The first-order chi connectivity index (χ1) is 14.6. The van der Waals surface area contributed by atoms with Gasteiger partial charge in [-0.25, -0.2) is 4.39 Å². The molecular weight excluding hydrogens is 387 g/mol. The molecule has 0 spiro atoms. The van der Waals surface area contributed by atoms with Crippen LogP contribution >= 0.6 is 0 Å². The summed E-state index contributed by atoms with van der Waals surface area (Å²) in [5, 5.41) is 17.6. The van der Waals surface area contributed by atoms with Crippen LogP contribution in [0.1, 0.15) is 36.0 Å². The van der Waals surface area contributed by atoms with E-state index in [0.29, 0.717) is 16.8 Å². The van der Waals surface area contributed by atoms with Crippen molar-refractivity contribution in [2.75, 3.05) is 5.32 Å². The molecule has 0 aliphatic heterocycles. The first-order valence-electron chi connectivity index (χ1n) is 9.82. The van der Waals surface area contributed by atoms with E-state index in [1.54, 1.807) is 36.4 Å². The summed E-state index contributed by atoms with van der Waals surface area (Å²) >= 11 is 0. The fourth-order valence-electron chi connectivity index (χ4n) is 3.49. The Labute approximate surface area is 172 Å². The second kappa shape index (κ2) is 8.81. The third kappa shape index (κ3) is 4.68. The Morgan fingerprint density at radius 2 is 1.90 bits per heavy atom. The summed E-state index contributed by atoms with van der Waals surface area (Å²) in [4.78, 5) is 26.2. The van der Waals surface area contributed by atoms with Gasteiger partial charge in [-0.15, -0.1) is 10.2 Å². The zero-order chi connectivity index (χ0) is 20.9. The van der Waals surface area contributed by atoms with E-state index in [2.05, 4.69) is 26.0 Å². The molecule has 1 saturated carbocycles. The second-order valence-corrected chi connectivity index (χ2v) is 7.20. The number of carbonyl (C=O) groups is 2. The number of halogens is 1. The predicted octanol–water partition coefficient (Wildman–Crippen LogP) is 2.79. The van der Waals surface area contributed by atoms with Crippen molar-refractivity contribution in [2.45, 2.75) is 38.3 Å². The Kier molecular flexibility index (Phi) is 5.78. The zero-order valence-corrected chi connectivity index (χ0v) is 16.2. The highest BCUT2D eigenvalue weighted by molar-refractivity contribution is 6.03. The molecule has 30 heavy (non-hydrogen) atoms. The molecule has 2 aromatic carbocycles. The molecule has 0 bridgehead atoms. The summed E-state index contributed by atoms with van der Waals surface area (Å²) in [6.07, 6.45) is 4.19. The van der Waals surface area contributed by atoms with Crippen LogP contribution in [0.4, 0.5) is 10.1 Å². The first kappa shape index (κ1) is 19.7. The van der Waals surface area contributed by atoms with Crippen LogP contribution in [0.2, 0.25) is 0 Å². The Balaban J connectivity index is 1.41. The fourth-order valence-corrected chi connectivity index (χ4v) is 3.49. The van der Waals surface area contributed by atoms with Gasteiger partial charge < -0.3 is 10.6 Å². The lowest BCUT2D eigenvalue weighted by Gasteiger charge is -2.14. The number of nitrogens with one attached hydrogen (secondary N) is 2. The number of amides is 2. The van der Waals surface area contributed by atoms with Gasteiger partial charge >= 0.3 is 0 Å². The SMILES string of the molecule is O=C(Cn1nnc(-c2cccc(F)c2)n1)Nc1ccccc1C(=O)NC1CCCC1. The Morgan fingerprint density at radius 1 is 1.10 bits per heavy atom. The number of anilines is 1. The van der Waals surface area contributed by atoms with Crippen LogP contribution < -0.4 is 10.6 Å². The van der Waals surface area contributed by atoms with Crippen LogP contribution in [0.3, 0.4) is 0 Å². The van der Waals surface area contributed by atoms with Crippen molar-refractivity contribution in [3.63, 3.8) is 0 Å². The van der Waals surface area contributed by atoms with Crippen LogP contribution in [-0.4, -0.2) is 38.1 Å². The highest BCUT2D eigenvalue weighted by atomic mass is 19.1. The first-order valence-corrected chi connectivity index (χ1v) is 9.82. The van der Waals surface area contributed by atoms with Gasteiger partial charge in [-0.3, -0.25) is 9.59 Å². The van der Waals surface area contributed by atoms with Gasteiger partial charge in [0.05, 0.1) is 11.3 Å². The lowest BCUT2D eigenvalue weighted by Crippen LogP contribution is -2.33. The number of aromatic nitrogens is 4. The number of rotatable bonds is 6. The topological polar surface area (TPSA) is 102 Å². The van der Waals surface area contributed by atoms with Gasteiger partial charge in [0.25, 0.3) is 5.91 Å². The summed E-state index contributed by atoms with van der Waals surface area (Å²) in [5.41, 5.74) is 1.30. The van der Waals surface area contributed by atoms with Crippen molar-refractivity contribution in [2.24, 2.45) is 0 Å². The van der Waals surface area contributed by atoms with Gasteiger partial charge in [-0.1, -0.05) is 37.1 Å². The molecule has 1 fully saturated rings. The smallest absolute Gasteiger partial charge is 0.253 e. The molecule has 1 aliphatic rings. The van der Waals surface area contributed by atoms with E-state index >= 15 is 0 Å². The van der Waals surface area contributed by atoms with Gasteiger partial charge in [0, 0.05) is 11.6 Å². The molecule has 8 nitrogen and oxygen atoms in total. The lowest BCUT2D eigenvalue weighted by molar-refractivity contribution is -0.117. The van der Waals surface area contributed by atoms with Gasteiger partial charge in [-0.2, -0.15) is 4.80 Å². The van der Waals surface area contributed by atoms with E-state index < -0.39 is 11.7 Å². The summed E-state index contributed by atoms with van der Waals surface area (Å²) in [6.45, 7) is -0.194. The monoisotopic (exact) mass is 408 g/mol. The van der Waals surface area contributed by atoms with E-state index in [0.717, 1.165) is 30.5 Å². The largest absolute Gasteiger partial charge is 0.349 e. The number of tetrazole rings is 1. The van der Waals surface area contributed by atoms with Crippen molar-refractivity contribution in [3.8, 4) is 11.4 Å². The zero-order valence-electron chi connectivity index (χ0n) is 16.2. The molecular formula is C21H21FN6O2. The normalized spacial score (nSPS) is 13.9. The third-order valence-electron chi connectivity index (χ3n) is 4.96. The quantitative estimate of drug-likeness (QED) is 0.653. The summed E-state index contributed by atoms with van der Waals surface area (Å²) < 4.78 is 13.4. The average molecular weight is 408 g/mol. The second-order valence-electron chi connectivity index (χ2n) is 7.20. The molecule has 0 atom stereocenters. The lowest BCUT2D eigenvalue weighted by atomic mass is 10.1. The maximum absolute atomic E-state index is 13.4. The molecule has 0 saturated heterocycles. The van der Waals surface area contributed by atoms with E-state index in [1.165, 1.54) is 12.1 Å². The van der Waals surface area contributed by atoms with E-state index in [9.17, 15) is 14.0 Å². The molecule has 1 aromatic heterocycles. The number of hydrogen-bond acceptors (Lipinski definition) is 5. The molecule has 2 amide bonds. The molecule has 0 radical (unpaired) electrons. The Morgan fingerprint density at radius 3 is 2.70 bits per heavy atom. The minimum atomic E-state index is -0.408. The van der Waals surface area contributed by atoms with Crippen molar-refractivity contribution in [1.82, 2.24) is 25.5 Å². The molecule has 2 N–H and O–H groups in total. The van der Waals surface area contributed by atoms with Gasteiger partial charge in [0.15, 0.2) is 0 Å². The van der Waals surface area contributed by atoms with Crippen LogP contribution in [0.5, 0.6) is 0 Å². The standard InChI is InChI=1S/C21H21FN6O2/c22-15-7-5-6-14(12-15)20-25-27-28(26-20)13-19(29)24-18-11-4-3-10-17(18)21(30)23-16-8-1-2-9-16/h3-7,10-12,16H,1-2,8-9,13H2,(H,23,30)(H,24,29). The Bertz CT molecular complexity index is 1060. The molecule has 9 heteroatoms. The molecule has 3 aromatic rings. The highest BCUT2D eigenvalue weighted by Gasteiger charge is 2.20. The summed E-state index contributed by atoms with van der Waals surface area (Å²) in [6, 6.07) is 12.9. The van der Waals surface area contributed by atoms with Crippen LogP contribution in [-0.2, 0) is 11.3 Å². The molecule has 1 heterocycles. The van der Waals surface area contributed by atoms with Crippen molar-refractivity contribution < 1.29 is 14.0 Å². The van der Waals surface area contributed by atoms with Crippen LogP contribution in [0.15, 0.2) is 48.5 Å². The average Bonchev–Trinajstić information content (AvgIpc) is 3.40. The van der Waals surface area contributed by atoms with Crippen molar-refractivity contribution in [3.05, 3.63) is 59.9 Å².